The monoisotopic (exact) mass is 233 g/mol. The summed E-state index contributed by atoms with van der Waals surface area (Å²) < 4.78 is 18.5. The Labute approximate surface area is 97.6 Å². The van der Waals surface area contributed by atoms with Gasteiger partial charge in [-0.3, -0.25) is 0 Å². The minimum atomic E-state index is -0.511. The number of fused-ring (bicyclic) bond motifs is 1. The van der Waals surface area contributed by atoms with Gasteiger partial charge in [0, 0.05) is 6.20 Å². The summed E-state index contributed by atoms with van der Waals surface area (Å²) in [7, 11) is 1.30. The SMILES string of the molecule is COC(=O)c1c[nH]c2c(C3CC3)ccc(F)c12. The Morgan fingerprint density at radius 1 is 1.47 bits per heavy atom. The summed E-state index contributed by atoms with van der Waals surface area (Å²) in [5.41, 5.74) is 2.09. The molecular formula is C13H12FNO2. The summed E-state index contributed by atoms with van der Waals surface area (Å²) in [6, 6.07) is 3.23. The number of aromatic nitrogens is 1. The second-order valence-electron chi connectivity index (χ2n) is 4.35. The lowest BCUT2D eigenvalue weighted by Crippen LogP contribution is -2.00. The molecule has 1 fully saturated rings. The first kappa shape index (κ1) is 10.3. The number of H-pyrrole nitrogens is 1. The lowest BCUT2D eigenvalue weighted by Gasteiger charge is -2.03. The molecule has 1 N–H and O–H groups in total. The summed E-state index contributed by atoms with van der Waals surface area (Å²) >= 11 is 0. The van der Waals surface area contributed by atoms with Crippen LogP contribution in [0.2, 0.25) is 0 Å². The van der Waals surface area contributed by atoms with Gasteiger partial charge in [-0.25, -0.2) is 9.18 Å². The van der Waals surface area contributed by atoms with Gasteiger partial charge in [-0.1, -0.05) is 6.07 Å². The van der Waals surface area contributed by atoms with Gasteiger partial charge in [0.2, 0.25) is 0 Å². The molecule has 0 spiro atoms. The van der Waals surface area contributed by atoms with E-state index in [0.29, 0.717) is 11.3 Å². The molecule has 1 aliphatic carbocycles. The van der Waals surface area contributed by atoms with Crippen LogP contribution in [0, 0.1) is 5.82 Å². The maximum atomic E-state index is 13.8. The van der Waals surface area contributed by atoms with Crippen LogP contribution in [-0.4, -0.2) is 18.1 Å². The molecule has 0 bridgehead atoms. The average molecular weight is 233 g/mol. The highest BCUT2D eigenvalue weighted by molar-refractivity contribution is 6.05. The molecule has 1 saturated carbocycles. The maximum absolute atomic E-state index is 13.8. The number of hydrogen-bond donors (Lipinski definition) is 1. The largest absolute Gasteiger partial charge is 0.465 e. The van der Waals surface area contributed by atoms with Gasteiger partial charge in [0.1, 0.15) is 5.82 Å². The molecular weight excluding hydrogens is 221 g/mol. The summed E-state index contributed by atoms with van der Waals surface area (Å²) in [5.74, 6) is -0.392. The Hall–Kier alpha value is -1.84. The summed E-state index contributed by atoms with van der Waals surface area (Å²) in [6.45, 7) is 0. The number of benzene rings is 1. The normalized spacial score (nSPS) is 15.2. The van der Waals surface area contributed by atoms with Crippen molar-refractivity contribution in [2.45, 2.75) is 18.8 Å². The Kier molecular flexibility index (Phi) is 2.18. The Bertz CT molecular complexity index is 599. The Morgan fingerprint density at radius 2 is 2.24 bits per heavy atom. The van der Waals surface area contributed by atoms with Gasteiger partial charge in [-0.2, -0.15) is 0 Å². The number of nitrogens with one attached hydrogen (secondary N) is 1. The number of esters is 1. The molecule has 0 unspecified atom stereocenters. The second-order valence-corrected chi connectivity index (χ2v) is 4.35. The quantitative estimate of drug-likeness (QED) is 0.810. The predicted octanol–water partition coefficient (Wildman–Crippen LogP) is 2.97. The third-order valence-corrected chi connectivity index (χ3v) is 3.24. The molecule has 3 rings (SSSR count). The molecule has 1 aromatic heterocycles. The molecule has 0 aliphatic heterocycles. The highest BCUT2D eigenvalue weighted by atomic mass is 19.1. The molecule has 2 aromatic rings. The van der Waals surface area contributed by atoms with Crippen molar-refractivity contribution in [3.8, 4) is 0 Å². The van der Waals surface area contributed by atoms with E-state index in [1.54, 1.807) is 6.07 Å². The van der Waals surface area contributed by atoms with Crippen LogP contribution in [-0.2, 0) is 4.74 Å². The number of ether oxygens (including phenoxy) is 1. The minimum Gasteiger partial charge on any atom is -0.465 e. The molecule has 0 atom stereocenters. The molecule has 1 heterocycles. The van der Waals surface area contributed by atoms with Crippen molar-refractivity contribution in [2.75, 3.05) is 7.11 Å². The molecule has 17 heavy (non-hydrogen) atoms. The molecule has 88 valence electrons. The first-order chi connectivity index (χ1) is 8.22. The zero-order chi connectivity index (χ0) is 12.0. The summed E-state index contributed by atoms with van der Waals surface area (Å²) in [6.07, 6.45) is 3.78. The predicted molar refractivity (Wildman–Crippen MR) is 61.6 cm³/mol. The number of carbonyl (C=O) groups is 1. The van der Waals surface area contributed by atoms with Crippen LogP contribution >= 0.6 is 0 Å². The van der Waals surface area contributed by atoms with E-state index in [2.05, 4.69) is 9.72 Å². The van der Waals surface area contributed by atoms with Crippen molar-refractivity contribution in [2.24, 2.45) is 0 Å². The number of methoxy groups -OCH3 is 1. The van der Waals surface area contributed by atoms with E-state index in [-0.39, 0.29) is 11.4 Å². The van der Waals surface area contributed by atoms with E-state index in [1.165, 1.54) is 19.4 Å². The van der Waals surface area contributed by atoms with Gasteiger partial charge in [-0.05, 0) is 30.4 Å². The topological polar surface area (TPSA) is 42.1 Å². The van der Waals surface area contributed by atoms with Crippen LogP contribution < -0.4 is 0 Å². The third kappa shape index (κ3) is 1.52. The smallest absolute Gasteiger partial charge is 0.340 e. The zero-order valence-electron chi connectivity index (χ0n) is 9.42. The standard InChI is InChI=1S/C13H12FNO2/c1-17-13(16)9-6-15-12-8(7-2-3-7)4-5-10(14)11(9)12/h4-7,15H,2-3H2,1H3. The summed E-state index contributed by atoms with van der Waals surface area (Å²) in [4.78, 5) is 14.5. The van der Waals surface area contributed by atoms with Crippen LogP contribution in [0.25, 0.3) is 10.9 Å². The Morgan fingerprint density at radius 3 is 2.88 bits per heavy atom. The van der Waals surface area contributed by atoms with Crippen LogP contribution in [0.15, 0.2) is 18.3 Å². The number of rotatable bonds is 2. The van der Waals surface area contributed by atoms with Gasteiger partial charge >= 0.3 is 5.97 Å². The van der Waals surface area contributed by atoms with E-state index in [9.17, 15) is 9.18 Å². The number of hydrogen-bond acceptors (Lipinski definition) is 2. The molecule has 3 nitrogen and oxygen atoms in total. The fourth-order valence-corrected chi connectivity index (χ4v) is 2.23. The molecule has 1 aliphatic rings. The van der Waals surface area contributed by atoms with E-state index in [4.69, 9.17) is 0 Å². The van der Waals surface area contributed by atoms with Crippen molar-refractivity contribution in [1.29, 1.82) is 0 Å². The highest BCUT2D eigenvalue weighted by Crippen LogP contribution is 2.43. The first-order valence-electron chi connectivity index (χ1n) is 5.60. The van der Waals surface area contributed by atoms with Gasteiger partial charge < -0.3 is 9.72 Å². The fourth-order valence-electron chi connectivity index (χ4n) is 2.23. The highest BCUT2D eigenvalue weighted by Gasteiger charge is 2.28. The second kappa shape index (κ2) is 3.58. The number of carbonyl (C=O) groups excluding carboxylic acids is 1. The molecule has 0 radical (unpaired) electrons. The van der Waals surface area contributed by atoms with Crippen molar-refractivity contribution < 1.29 is 13.9 Å². The van der Waals surface area contributed by atoms with Crippen molar-refractivity contribution >= 4 is 16.9 Å². The van der Waals surface area contributed by atoms with Gasteiger partial charge in [0.25, 0.3) is 0 Å². The molecule has 0 amide bonds. The lowest BCUT2D eigenvalue weighted by molar-refractivity contribution is 0.0603. The van der Waals surface area contributed by atoms with E-state index < -0.39 is 5.97 Å². The van der Waals surface area contributed by atoms with Crippen LogP contribution in [0.3, 0.4) is 0 Å². The Balaban J connectivity index is 2.26. The average Bonchev–Trinajstić information content (AvgIpc) is 3.07. The third-order valence-electron chi connectivity index (χ3n) is 3.24. The van der Waals surface area contributed by atoms with Crippen LogP contribution in [0.5, 0.6) is 0 Å². The lowest BCUT2D eigenvalue weighted by atomic mass is 10.0. The molecule has 0 saturated heterocycles. The maximum Gasteiger partial charge on any atom is 0.340 e. The number of halogens is 1. The van der Waals surface area contributed by atoms with Crippen molar-refractivity contribution in [3.05, 3.63) is 35.3 Å². The van der Waals surface area contributed by atoms with Gasteiger partial charge in [-0.15, -0.1) is 0 Å². The van der Waals surface area contributed by atoms with Gasteiger partial charge in [0.15, 0.2) is 0 Å². The van der Waals surface area contributed by atoms with Crippen molar-refractivity contribution in [3.63, 3.8) is 0 Å². The zero-order valence-corrected chi connectivity index (χ0v) is 9.42. The number of aromatic amines is 1. The van der Waals surface area contributed by atoms with Crippen LogP contribution in [0.4, 0.5) is 4.39 Å². The minimum absolute atomic E-state index is 0.266. The van der Waals surface area contributed by atoms with Gasteiger partial charge in [0.05, 0.1) is 23.6 Å². The van der Waals surface area contributed by atoms with E-state index in [0.717, 1.165) is 23.9 Å². The van der Waals surface area contributed by atoms with E-state index in [1.807, 2.05) is 0 Å². The van der Waals surface area contributed by atoms with E-state index >= 15 is 0 Å². The van der Waals surface area contributed by atoms with Crippen LogP contribution in [0.1, 0.15) is 34.7 Å². The summed E-state index contributed by atoms with van der Waals surface area (Å²) in [5, 5.41) is 0.348. The first-order valence-corrected chi connectivity index (χ1v) is 5.60. The molecule has 4 heteroatoms. The molecule has 1 aromatic carbocycles. The van der Waals surface area contributed by atoms with Crippen molar-refractivity contribution in [1.82, 2.24) is 4.98 Å². The fraction of sp³-hybridized carbons (Fsp3) is 0.308.